The van der Waals surface area contributed by atoms with E-state index < -0.39 is 4.87 Å². The van der Waals surface area contributed by atoms with E-state index in [0.717, 1.165) is 46.8 Å². The zero-order chi connectivity index (χ0) is 28.7. The molecule has 4 aromatic rings. The lowest BCUT2D eigenvalue weighted by atomic mass is 10.1. The van der Waals surface area contributed by atoms with Gasteiger partial charge >= 0.3 is 0 Å². The monoisotopic (exact) mass is 705 g/mol. The van der Waals surface area contributed by atoms with E-state index in [1.54, 1.807) is 21.7 Å². The molecule has 0 spiro atoms. The summed E-state index contributed by atoms with van der Waals surface area (Å²) in [7, 11) is 0. The first-order chi connectivity index (χ1) is 19.8. The van der Waals surface area contributed by atoms with Crippen LogP contribution in [0.1, 0.15) is 25.0 Å². The third-order valence-electron chi connectivity index (χ3n) is 7.19. The molecule has 2 aliphatic heterocycles. The number of benzene rings is 4. The Bertz CT molecular complexity index is 1680. The first-order valence-corrected chi connectivity index (χ1v) is 16.2. The average molecular weight is 708 g/mol. The Morgan fingerprint density at radius 3 is 2.02 bits per heavy atom. The Morgan fingerprint density at radius 1 is 0.829 bits per heavy atom. The molecule has 0 radical (unpaired) electrons. The number of nitrogens with zero attached hydrogens (tertiary/aromatic N) is 2. The van der Waals surface area contributed by atoms with E-state index in [2.05, 4.69) is 37.3 Å². The van der Waals surface area contributed by atoms with E-state index in [1.165, 1.54) is 11.8 Å². The summed E-state index contributed by atoms with van der Waals surface area (Å²) in [6, 6.07) is 31.6. The molecule has 6 rings (SSSR count). The third kappa shape index (κ3) is 5.08. The molecule has 9 heteroatoms. The van der Waals surface area contributed by atoms with Crippen LogP contribution < -0.4 is 10.3 Å². The van der Waals surface area contributed by atoms with Crippen molar-refractivity contribution in [2.45, 2.75) is 28.5 Å². The molecule has 2 amide bonds. The van der Waals surface area contributed by atoms with Crippen molar-refractivity contribution in [3.8, 4) is 0 Å². The normalized spacial score (nSPS) is 19.2. The van der Waals surface area contributed by atoms with Crippen LogP contribution in [0, 0.1) is 0 Å². The topological polar surface area (TPSA) is 52.7 Å². The third-order valence-corrected chi connectivity index (χ3v) is 11.2. The number of thioether (sulfide) groups is 1. The van der Waals surface area contributed by atoms with Crippen LogP contribution in [0.4, 0.5) is 11.4 Å². The lowest BCUT2D eigenvalue weighted by Crippen LogP contribution is -2.52. The molecule has 0 bridgehead atoms. The lowest BCUT2D eigenvalue weighted by Gasteiger charge is -2.36. The number of para-hydroxylation sites is 2. The Balaban J connectivity index is 1.37. The van der Waals surface area contributed by atoms with Crippen molar-refractivity contribution in [3.63, 3.8) is 0 Å². The molecule has 206 valence electrons. The summed E-state index contributed by atoms with van der Waals surface area (Å²) in [6.45, 7) is 3.91. The summed E-state index contributed by atoms with van der Waals surface area (Å²) >= 11 is 10.5. The van der Waals surface area contributed by atoms with Crippen LogP contribution in [0.3, 0.4) is 0 Å². The van der Waals surface area contributed by atoms with Gasteiger partial charge in [0.05, 0.1) is 22.8 Å². The van der Waals surface area contributed by atoms with Gasteiger partial charge < -0.3 is 0 Å². The van der Waals surface area contributed by atoms with Crippen LogP contribution in [-0.4, -0.2) is 23.4 Å². The van der Waals surface area contributed by atoms with Crippen LogP contribution in [0.5, 0.6) is 0 Å². The molecule has 4 aromatic carbocycles. The van der Waals surface area contributed by atoms with Crippen molar-refractivity contribution in [1.29, 1.82) is 0 Å². The summed E-state index contributed by atoms with van der Waals surface area (Å²) in [5.74, 6) is -0.332. The van der Waals surface area contributed by atoms with Gasteiger partial charge in [-0.15, -0.1) is 0 Å². The number of allylic oxidation sites excluding steroid dienone is 1. The fourth-order valence-electron chi connectivity index (χ4n) is 5.14. The van der Waals surface area contributed by atoms with Gasteiger partial charge in [0.2, 0.25) is 5.91 Å². The van der Waals surface area contributed by atoms with Crippen LogP contribution in [0.15, 0.2) is 121 Å². The molecule has 2 heterocycles. The summed E-state index contributed by atoms with van der Waals surface area (Å²) in [5, 5.41) is 1.61. The van der Waals surface area contributed by atoms with Crippen LogP contribution in [-0.2, 0) is 14.5 Å². The maximum absolute atomic E-state index is 14.1. The predicted molar refractivity (Wildman–Crippen MR) is 175 cm³/mol. The number of rotatable bonds is 5. The minimum Gasteiger partial charge on any atom is -0.278 e. The Morgan fingerprint density at radius 2 is 1.39 bits per heavy atom. The van der Waals surface area contributed by atoms with Crippen LogP contribution in [0.25, 0.3) is 5.57 Å². The van der Waals surface area contributed by atoms with Gasteiger partial charge in [-0.05, 0) is 61.4 Å². The zero-order valence-corrected chi connectivity index (χ0v) is 27.0. The molecule has 0 saturated carbocycles. The van der Waals surface area contributed by atoms with E-state index >= 15 is 0 Å². The number of nitrogens with one attached hydrogen (secondary N) is 1. The fourth-order valence-corrected chi connectivity index (χ4v) is 8.95. The predicted octanol–water partition coefficient (Wildman–Crippen LogP) is 8.73. The number of hydrogen-bond acceptors (Lipinski definition) is 5. The van der Waals surface area contributed by atoms with Gasteiger partial charge in [-0.3, -0.25) is 19.5 Å². The highest BCUT2D eigenvalue weighted by atomic mass is 79.9. The Hall–Kier alpha value is -2.82. The van der Waals surface area contributed by atoms with E-state index in [-0.39, 0.29) is 18.4 Å². The fraction of sp³-hybridized carbons (Fsp3) is 0.125. The second-order valence-corrected chi connectivity index (χ2v) is 13.9. The molecule has 5 nitrogen and oxygen atoms in total. The van der Waals surface area contributed by atoms with Crippen LogP contribution >= 0.6 is 55.4 Å². The maximum Gasteiger partial charge on any atom is 0.276 e. The SMILES string of the molecule is C/C(=C1/SC(C)(c2ccccc2Br)N(NCC(=O)N2c3ccccc3Sc3ccccc32)C1=O)c1ccccc1Br. The van der Waals surface area contributed by atoms with Crippen molar-refractivity contribution in [2.24, 2.45) is 0 Å². The van der Waals surface area contributed by atoms with Gasteiger partial charge in [0.1, 0.15) is 4.87 Å². The van der Waals surface area contributed by atoms with E-state index in [4.69, 9.17) is 0 Å². The highest BCUT2D eigenvalue weighted by molar-refractivity contribution is 9.10. The molecular formula is C32H25Br2N3O2S2. The number of carbonyl (C=O) groups excluding carboxylic acids is 2. The number of halogens is 2. The number of carbonyl (C=O) groups is 2. The highest BCUT2D eigenvalue weighted by Crippen LogP contribution is 2.54. The molecule has 0 aliphatic carbocycles. The second-order valence-electron chi connectivity index (χ2n) is 9.74. The lowest BCUT2D eigenvalue weighted by molar-refractivity contribution is -0.133. The highest BCUT2D eigenvalue weighted by Gasteiger charge is 2.49. The Kier molecular flexibility index (Phi) is 7.91. The average Bonchev–Trinajstić information content (AvgIpc) is 3.24. The molecule has 1 fully saturated rings. The van der Waals surface area contributed by atoms with E-state index in [0.29, 0.717) is 4.91 Å². The quantitative estimate of drug-likeness (QED) is 0.211. The smallest absolute Gasteiger partial charge is 0.276 e. The maximum atomic E-state index is 14.1. The Labute approximate surface area is 264 Å². The van der Waals surface area contributed by atoms with E-state index in [9.17, 15) is 9.59 Å². The van der Waals surface area contributed by atoms with Crippen molar-refractivity contribution >= 4 is 84.1 Å². The van der Waals surface area contributed by atoms with Gasteiger partial charge in [-0.2, -0.15) is 0 Å². The number of hydrazine groups is 1. The summed E-state index contributed by atoms with van der Waals surface area (Å²) in [4.78, 5) is 31.7. The first-order valence-electron chi connectivity index (χ1n) is 13.0. The number of anilines is 2. The standard InChI is InChI=1S/C32H25Br2N3O2S2/c1-20(21-11-3-5-13-23(21)33)30-31(39)37(32(2,41-30)22-12-4-6-14-24(22)34)35-19-29(38)36-25-15-7-9-17-27(25)40-28-18-10-8-16-26(28)36/h3-18,35H,19H2,1-2H3/b30-20-. The molecule has 41 heavy (non-hydrogen) atoms. The van der Waals surface area contributed by atoms with Gasteiger partial charge in [0.15, 0.2) is 0 Å². The molecule has 1 atom stereocenters. The molecule has 1 N–H and O–H groups in total. The minimum absolute atomic E-state index is 0.0684. The summed E-state index contributed by atoms with van der Waals surface area (Å²) in [5.41, 5.74) is 7.68. The van der Waals surface area contributed by atoms with Crippen LogP contribution in [0.2, 0.25) is 0 Å². The summed E-state index contributed by atoms with van der Waals surface area (Å²) in [6.07, 6.45) is 0. The van der Waals surface area contributed by atoms with Crippen molar-refractivity contribution in [1.82, 2.24) is 10.4 Å². The summed E-state index contributed by atoms with van der Waals surface area (Å²) < 4.78 is 1.81. The molecule has 2 aliphatic rings. The largest absolute Gasteiger partial charge is 0.278 e. The number of fused-ring (bicyclic) bond motifs is 2. The first kappa shape index (κ1) is 28.3. The van der Waals surface area contributed by atoms with Gasteiger partial charge in [0, 0.05) is 24.3 Å². The molecule has 1 unspecified atom stereocenters. The minimum atomic E-state index is -0.817. The van der Waals surface area contributed by atoms with Crippen molar-refractivity contribution in [3.05, 3.63) is 122 Å². The van der Waals surface area contributed by atoms with Crippen molar-refractivity contribution in [2.75, 3.05) is 11.4 Å². The number of amides is 2. The molecule has 0 aromatic heterocycles. The number of hydrogen-bond donors (Lipinski definition) is 1. The molecular weight excluding hydrogens is 682 g/mol. The van der Waals surface area contributed by atoms with E-state index in [1.807, 2.05) is 111 Å². The van der Waals surface area contributed by atoms with Gasteiger partial charge in [0.25, 0.3) is 5.91 Å². The molecule has 1 saturated heterocycles. The van der Waals surface area contributed by atoms with Gasteiger partial charge in [-0.1, -0.05) is 116 Å². The zero-order valence-electron chi connectivity index (χ0n) is 22.2. The second kappa shape index (κ2) is 11.5. The van der Waals surface area contributed by atoms with Gasteiger partial charge in [-0.25, -0.2) is 5.43 Å². The van der Waals surface area contributed by atoms with Crippen molar-refractivity contribution < 1.29 is 9.59 Å².